The number of carbonyl (C=O) groups excluding carboxylic acids is 1. The second-order valence-electron chi connectivity index (χ2n) is 4.34. The van der Waals surface area contributed by atoms with Crippen LogP contribution in [0.1, 0.15) is 27.8 Å². The molecule has 1 amide bonds. The number of amides is 1. The van der Waals surface area contributed by atoms with E-state index in [2.05, 4.69) is 10.4 Å². The summed E-state index contributed by atoms with van der Waals surface area (Å²) < 4.78 is 25.8. The molecule has 0 aliphatic heterocycles. The van der Waals surface area contributed by atoms with E-state index >= 15 is 0 Å². The average Bonchev–Trinajstić information content (AvgIpc) is 3.08. The van der Waals surface area contributed by atoms with Gasteiger partial charge in [0, 0.05) is 17.7 Å². The van der Waals surface area contributed by atoms with Gasteiger partial charge in [-0.1, -0.05) is 6.07 Å². The van der Waals surface area contributed by atoms with Crippen LogP contribution in [0.15, 0.2) is 29.8 Å². The SMILES string of the molecule is O=C(NC(CCO)c1cccs1)c1ccnn1CC(F)F. The van der Waals surface area contributed by atoms with Crippen molar-refractivity contribution in [2.75, 3.05) is 6.61 Å². The molecule has 0 aliphatic carbocycles. The molecule has 0 saturated heterocycles. The molecule has 0 bridgehead atoms. The fourth-order valence-corrected chi connectivity index (χ4v) is 2.75. The van der Waals surface area contributed by atoms with Gasteiger partial charge < -0.3 is 10.4 Å². The Balaban J connectivity index is 2.10. The van der Waals surface area contributed by atoms with E-state index in [1.165, 1.54) is 23.6 Å². The molecule has 2 N–H and O–H groups in total. The highest BCUT2D eigenvalue weighted by Gasteiger charge is 2.20. The van der Waals surface area contributed by atoms with E-state index in [1.54, 1.807) is 0 Å². The Morgan fingerprint density at radius 2 is 2.29 bits per heavy atom. The van der Waals surface area contributed by atoms with Crippen molar-refractivity contribution in [2.24, 2.45) is 0 Å². The standard InChI is InChI=1S/C13H15F2N3O2S/c14-12(15)8-18-10(3-5-16-18)13(20)17-9(4-6-19)11-2-1-7-21-11/h1-3,5,7,9,12,19H,4,6,8H2,(H,17,20). The van der Waals surface area contributed by atoms with Crippen LogP contribution in [0.2, 0.25) is 0 Å². The van der Waals surface area contributed by atoms with Gasteiger partial charge in [0.1, 0.15) is 12.2 Å². The maximum atomic E-state index is 12.4. The van der Waals surface area contributed by atoms with Crippen LogP contribution in [0.3, 0.4) is 0 Å². The number of halogens is 2. The molecule has 2 rings (SSSR count). The monoisotopic (exact) mass is 315 g/mol. The summed E-state index contributed by atoms with van der Waals surface area (Å²) in [4.78, 5) is 13.1. The fraction of sp³-hybridized carbons (Fsp3) is 0.385. The lowest BCUT2D eigenvalue weighted by Crippen LogP contribution is -2.31. The number of hydrogen-bond donors (Lipinski definition) is 2. The normalized spacial score (nSPS) is 12.6. The first kappa shape index (κ1) is 15.6. The van der Waals surface area contributed by atoms with Crippen molar-refractivity contribution in [3.05, 3.63) is 40.3 Å². The smallest absolute Gasteiger partial charge is 0.270 e. The van der Waals surface area contributed by atoms with Crippen molar-refractivity contribution in [3.8, 4) is 0 Å². The van der Waals surface area contributed by atoms with Crippen LogP contribution >= 0.6 is 11.3 Å². The molecule has 0 fully saturated rings. The van der Waals surface area contributed by atoms with Crippen LogP contribution in [0.25, 0.3) is 0 Å². The number of nitrogens with one attached hydrogen (secondary N) is 1. The molecule has 5 nitrogen and oxygen atoms in total. The number of aromatic nitrogens is 2. The van der Waals surface area contributed by atoms with Gasteiger partial charge in [0.05, 0.1) is 6.04 Å². The van der Waals surface area contributed by atoms with Gasteiger partial charge in [-0.15, -0.1) is 11.3 Å². The van der Waals surface area contributed by atoms with E-state index in [0.29, 0.717) is 6.42 Å². The first-order chi connectivity index (χ1) is 10.1. The second-order valence-corrected chi connectivity index (χ2v) is 5.32. The summed E-state index contributed by atoms with van der Waals surface area (Å²) in [7, 11) is 0. The Hall–Kier alpha value is -1.80. The lowest BCUT2D eigenvalue weighted by atomic mass is 10.1. The zero-order valence-corrected chi connectivity index (χ0v) is 11.9. The number of aliphatic hydroxyl groups is 1. The Labute approximate surface area is 124 Å². The summed E-state index contributed by atoms with van der Waals surface area (Å²) in [6.07, 6.45) is -0.916. The number of rotatable bonds is 7. The van der Waals surface area contributed by atoms with E-state index in [-0.39, 0.29) is 18.3 Å². The molecule has 8 heteroatoms. The van der Waals surface area contributed by atoms with E-state index in [4.69, 9.17) is 5.11 Å². The Morgan fingerprint density at radius 1 is 1.48 bits per heavy atom. The largest absolute Gasteiger partial charge is 0.396 e. The molecule has 1 atom stereocenters. The molecule has 114 valence electrons. The van der Waals surface area contributed by atoms with Crippen molar-refractivity contribution in [2.45, 2.75) is 25.4 Å². The molecule has 1 unspecified atom stereocenters. The van der Waals surface area contributed by atoms with Crippen molar-refractivity contribution in [1.82, 2.24) is 15.1 Å². The molecular formula is C13H15F2N3O2S. The quantitative estimate of drug-likeness (QED) is 0.822. The summed E-state index contributed by atoms with van der Waals surface area (Å²) in [6, 6.07) is 4.74. The minimum atomic E-state index is -2.58. The summed E-state index contributed by atoms with van der Waals surface area (Å²) in [5.74, 6) is -0.486. The molecule has 0 saturated carbocycles. The van der Waals surface area contributed by atoms with E-state index in [0.717, 1.165) is 9.56 Å². The summed E-state index contributed by atoms with van der Waals surface area (Å²) >= 11 is 1.46. The first-order valence-corrected chi connectivity index (χ1v) is 7.25. The molecule has 2 aromatic heterocycles. The molecule has 2 heterocycles. The van der Waals surface area contributed by atoms with Crippen molar-refractivity contribution < 1.29 is 18.7 Å². The zero-order chi connectivity index (χ0) is 15.2. The first-order valence-electron chi connectivity index (χ1n) is 6.37. The summed E-state index contributed by atoms with van der Waals surface area (Å²) in [5.41, 5.74) is 0.0785. The Morgan fingerprint density at radius 3 is 2.90 bits per heavy atom. The van der Waals surface area contributed by atoms with Gasteiger partial charge in [0.2, 0.25) is 0 Å². The minimum absolute atomic E-state index is 0.0785. The maximum absolute atomic E-state index is 12.4. The van der Waals surface area contributed by atoms with Crippen LogP contribution in [-0.2, 0) is 6.54 Å². The van der Waals surface area contributed by atoms with E-state index in [1.807, 2.05) is 17.5 Å². The number of nitrogens with zero attached hydrogens (tertiary/aromatic N) is 2. The predicted molar refractivity (Wildman–Crippen MR) is 74.5 cm³/mol. The van der Waals surface area contributed by atoms with Gasteiger partial charge in [0.15, 0.2) is 0 Å². The second kappa shape index (κ2) is 7.28. The lowest BCUT2D eigenvalue weighted by molar-refractivity contribution is 0.0902. The van der Waals surface area contributed by atoms with Crippen LogP contribution in [0.5, 0.6) is 0 Å². The number of thiophene rings is 1. The van der Waals surface area contributed by atoms with Gasteiger partial charge in [-0.2, -0.15) is 5.10 Å². The molecule has 0 aromatic carbocycles. The van der Waals surface area contributed by atoms with Crippen molar-refractivity contribution >= 4 is 17.2 Å². The van der Waals surface area contributed by atoms with Gasteiger partial charge in [-0.05, 0) is 23.9 Å². The predicted octanol–water partition coefficient (Wildman–Crippen LogP) is 2.06. The Bertz CT molecular complexity index is 572. The fourth-order valence-electron chi connectivity index (χ4n) is 1.94. The van der Waals surface area contributed by atoms with Crippen molar-refractivity contribution in [1.29, 1.82) is 0 Å². The van der Waals surface area contributed by atoms with Crippen LogP contribution < -0.4 is 5.32 Å². The van der Waals surface area contributed by atoms with Gasteiger partial charge >= 0.3 is 0 Å². The summed E-state index contributed by atoms with van der Waals surface area (Å²) in [6.45, 7) is -0.710. The van der Waals surface area contributed by atoms with Crippen LogP contribution in [0, 0.1) is 0 Å². The highest BCUT2D eigenvalue weighted by Crippen LogP contribution is 2.22. The maximum Gasteiger partial charge on any atom is 0.270 e. The van der Waals surface area contributed by atoms with E-state index < -0.39 is 18.9 Å². The highest BCUT2D eigenvalue weighted by atomic mass is 32.1. The van der Waals surface area contributed by atoms with Gasteiger partial charge in [-0.25, -0.2) is 8.78 Å². The van der Waals surface area contributed by atoms with Gasteiger partial charge in [0.25, 0.3) is 12.3 Å². The average molecular weight is 315 g/mol. The summed E-state index contributed by atoms with van der Waals surface area (Å²) in [5, 5.41) is 17.4. The third-order valence-corrected chi connectivity index (χ3v) is 3.86. The van der Waals surface area contributed by atoms with Crippen LogP contribution in [0.4, 0.5) is 8.78 Å². The van der Waals surface area contributed by atoms with Crippen molar-refractivity contribution in [3.63, 3.8) is 0 Å². The number of alkyl halides is 2. The molecule has 21 heavy (non-hydrogen) atoms. The lowest BCUT2D eigenvalue weighted by Gasteiger charge is -2.16. The third kappa shape index (κ3) is 4.08. The zero-order valence-electron chi connectivity index (χ0n) is 11.1. The third-order valence-electron chi connectivity index (χ3n) is 2.87. The molecule has 2 aromatic rings. The molecule has 0 radical (unpaired) electrons. The minimum Gasteiger partial charge on any atom is -0.396 e. The highest BCUT2D eigenvalue weighted by molar-refractivity contribution is 7.10. The van der Waals surface area contributed by atoms with Gasteiger partial charge in [-0.3, -0.25) is 9.48 Å². The Kier molecular flexibility index (Phi) is 5.40. The van der Waals surface area contributed by atoms with E-state index in [9.17, 15) is 13.6 Å². The van der Waals surface area contributed by atoms with Crippen LogP contribution in [-0.4, -0.2) is 33.8 Å². The topological polar surface area (TPSA) is 67.2 Å². The number of hydrogen-bond acceptors (Lipinski definition) is 4. The number of carbonyl (C=O) groups is 1. The molecule has 0 spiro atoms. The molecule has 0 aliphatic rings. The number of aliphatic hydroxyl groups excluding tert-OH is 1. The molecular weight excluding hydrogens is 300 g/mol.